The first-order valence-corrected chi connectivity index (χ1v) is 7.57. The normalized spacial score (nSPS) is 13.2. The van der Waals surface area contributed by atoms with Gasteiger partial charge >= 0.3 is 0 Å². The molecule has 7 heteroatoms. The van der Waals surface area contributed by atoms with E-state index in [4.69, 9.17) is 9.47 Å². The third-order valence-corrected chi connectivity index (χ3v) is 3.58. The molecular weight excluding hydrogens is 311 g/mol. The average molecular weight is 330 g/mol. The van der Waals surface area contributed by atoms with Crippen LogP contribution >= 0.6 is 0 Å². The van der Waals surface area contributed by atoms with E-state index in [1.165, 1.54) is 6.07 Å². The van der Waals surface area contributed by atoms with E-state index in [1.807, 2.05) is 18.2 Å². The van der Waals surface area contributed by atoms with Crippen molar-refractivity contribution < 1.29 is 13.9 Å². The molecule has 0 amide bonds. The Labute approximate surface area is 139 Å². The van der Waals surface area contributed by atoms with E-state index >= 15 is 0 Å². The van der Waals surface area contributed by atoms with E-state index < -0.39 is 0 Å². The maximum absolute atomic E-state index is 13.8. The van der Waals surface area contributed by atoms with Crippen LogP contribution in [-0.4, -0.2) is 19.7 Å². The van der Waals surface area contributed by atoms with Gasteiger partial charge in [-0.2, -0.15) is 0 Å². The lowest BCUT2D eigenvalue weighted by Gasteiger charge is -2.16. The maximum atomic E-state index is 13.8. The summed E-state index contributed by atoms with van der Waals surface area (Å²) < 4.78 is 25.0. The number of methoxy groups -OCH3 is 1. The fourth-order valence-electron chi connectivity index (χ4n) is 2.35. The molecule has 0 aliphatic carbocycles. The van der Waals surface area contributed by atoms with Crippen molar-refractivity contribution in [3.05, 3.63) is 59.4 Å². The molecule has 3 N–H and O–H groups in total. The van der Waals surface area contributed by atoms with Crippen molar-refractivity contribution in [3.63, 3.8) is 0 Å². The highest BCUT2D eigenvalue weighted by atomic mass is 19.1. The maximum Gasteiger partial charge on any atom is 0.207 e. The van der Waals surface area contributed by atoms with Gasteiger partial charge in [0.15, 0.2) is 11.5 Å². The van der Waals surface area contributed by atoms with Crippen LogP contribution < -0.4 is 25.6 Å². The summed E-state index contributed by atoms with van der Waals surface area (Å²) in [6, 6.07) is 12.2. The van der Waals surface area contributed by atoms with Gasteiger partial charge in [0.05, 0.1) is 7.11 Å². The van der Waals surface area contributed by atoms with Gasteiger partial charge in [-0.1, -0.05) is 30.3 Å². The minimum atomic E-state index is -0.289. The minimum Gasteiger partial charge on any atom is -0.493 e. The fraction of sp³-hybridized carbons (Fsp3) is 0.235. The van der Waals surface area contributed by atoms with Gasteiger partial charge < -0.3 is 14.8 Å². The molecule has 1 heterocycles. The van der Waals surface area contributed by atoms with Gasteiger partial charge in [-0.3, -0.25) is 5.43 Å². The molecule has 1 aliphatic rings. The second kappa shape index (κ2) is 7.65. The van der Waals surface area contributed by atoms with E-state index in [9.17, 15) is 4.39 Å². The summed E-state index contributed by atoms with van der Waals surface area (Å²) in [5.41, 5.74) is 7.18. The SMILES string of the molecule is COc1cccc(CNC2=NCNN2)c1OCc1ccccc1F. The smallest absolute Gasteiger partial charge is 0.207 e. The number of ether oxygens (including phenoxy) is 2. The Kier molecular flexibility index (Phi) is 5.12. The van der Waals surface area contributed by atoms with E-state index in [2.05, 4.69) is 21.2 Å². The number of para-hydroxylation sites is 1. The molecule has 1 aliphatic heterocycles. The third-order valence-electron chi connectivity index (χ3n) is 3.58. The zero-order chi connectivity index (χ0) is 16.8. The highest BCUT2D eigenvalue weighted by Gasteiger charge is 2.13. The summed E-state index contributed by atoms with van der Waals surface area (Å²) in [7, 11) is 1.58. The molecule has 0 fully saturated rings. The van der Waals surface area contributed by atoms with Crippen LogP contribution in [0, 0.1) is 5.82 Å². The highest BCUT2D eigenvalue weighted by Crippen LogP contribution is 2.32. The van der Waals surface area contributed by atoms with Crippen LogP contribution in [0.2, 0.25) is 0 Å². The summed E-state index contributed by atoms with van der Waals surface area (Å²) in [5.74, 6) is 1.56. The summed E-state index contributed by atoms with van der Waals surface area (Å²) in [5, 5.41) is 3.17. The summed E-state index contributed by atoms with van der Waals surface area (Å²) in [6.07, 6.45) is 0. The molecule has 2 aromatic rings. The summed E-state index contributed by atoms with van der Waals surface area (Å²) in [6.45, 7) is 1.15. The van der Waals surface area contributed by atoms with Crippen LogP contribution in [0.5, 0.6) is 11.5 Å². The molecule has 0 saturated carbocycles. The molecule has 0 aromatic heterocycles. The molecule has 0 spiro atoms. The quantitative estimate of drug-likeness (QED) is 0.755. The van der Waals surface area contributed by atoms with E-state index in [1.54, 1.807) is 25.3 Å². The Morgan fingerprint density at radius 2 is 2.00 bits per heavy atom. The van der Waals surface area contributed by atoms with Crippen molar-refractivity contribution in [2.75, 3.05) is 13.8 Å². The van der Waals surface area contributed by atoms with Crippen LogP contribution in [-0.2, 0) is 13.2 Å². The lowest BCUT2D eigenvalue weighted by molar-refractivity contribution is 0.276. The Bertz CT molecular complexity index is 736. The second-order valence-corrected chi connectivity index (χ2v) is 5.15. The fourth-order valence-corrected chi connectivity index (χ4v) is 2.35. The number of hydrogen-bond acceptors (Lipinski definition) is 6. The predicted molar refractivity (Wildman–Crippen MR) is 89.1 cm³/mol. The Morgan fingerprint density at radius 3 is 2.75 bits per heavy atom. The minimum absolute atomic E-state index is 0.126. The van der Waals surface area contributed by atoms with Crippen molar-refractivity contribution in [1.29, 1.82) is 0 Å². The Hall–Kier alpha value is -2.80. The molecule has 0 radical (unpaired) electrons. The van der Waals surface area contributed by atoms with Crippen LogP contribution in [0.4, 0.5) is 4.39 Å². The van der Waals surface area contributed by atoms with Crippen LogP contribution in [0.3, 0.4) is 0 Å². The van der Waals surface area contributed by atoms with Crippen LogP contribution in [0.25, 0.3) is 0 Å². The monoisotopic (exact) mass is 330 g/mol. The number of halogens is 1. The van der Waals surface area contributed by atoms with Crippen LogP contribution in [0.15, 0.2) is 47.5 Å². The molecule has 3 rings (SSSR count). The first-order chi connectivity index (χ1) is 11.8. The lowest BCUT2D eigenvalue weighted by Crippen LogP contribution is -2.38. The number of nitrogens with zero attached hydrogens (tertiary/aromatic N) is 1. The van der Waals surface area contributed by atoms with Crippen molar-refractivity contribution in [2.45, 2.75) is 13.2 Å². The van der Waals surface area contributed by atoms with Gasteiger partial charge in [-0.15, -0.1) is 0 Å². The van der Waals surface area contributed by atoms with Gasteiger partial charge in [0.2, 0.25) is 5.96 Å². The molecule has 0 saturated heterocycles. The number of aliphatic imine (C=N–C) groups is 1. The standard InChI is InChI=1S/C17H19FN4O2/c1-23-15-8-4-6-12(9-19-17-20-11-21-22-17)16(15)24-10-13-5-2-3-7-14(13)18/h2-8,21H,9-11H2,1H3,(H2,19,20,22). The molecular formula is C17H19FN4O2. The topological polar surface area (TPSA) is 66.9 Å². The van der Waals surface area contributed by atoms with Gasteiger partial charge in [-0.25, -0.2) is 14.8 Å². The van der Waals surface area contributed by atoms with E-state index in [-0.39, 0.29) is 12.4 Å². The van der Waals surface area contributed by atoms with E-state index in [0.717, 1.165) is 5.56 Å². The molecule has 0 atom stereocenters. The number of benzene rings is 2. The van der Waals surface area contributed by atoms with Gasteiger partial charge in [0.1, 0.15) is 19.1 Å². The van der Waals surface area contributed by atoms with Gasteiger partial charge in [0, 0.05) is 17.7 Å². The second-order valence-electron chi connectivity index (χ2n) is 5.15. The molecule has 126 valence electrons. The van der Waals surface area contributed by atoms with Crippen molar-refractivity contribution in [3.8, 4) is 11.5 Å². The first kappa shape index (κ1) is 16.1. The first-order valence-electron chi connectivity index (χ1n) is 7.57. The number of nitrogens with one attached hydrogen (secondary N) is 3. The van der Waals surface area contributed by atoms with Crippen LogP contribution in [0.1, 0.15) is 11.1 Å². The molecule has 0 bridgehead atoms. The largest absolute Gasteiger partial charge is 0.493 e. The number of rotatable bonds is 6. The van der Waals surface area contributed by atoms with Crippen molar-refractivity contribution in [1.82, 2.24) is 16.2 Å². The molecule has 0 unspecified atom stereocenters. The number of hydrogen-bond donors (Lipinski definition) is 3. The zero-order valence-corrected chi connectivity index (χ0v) is 13.3. The third kappa shape index (κ3) is 3.75. The average Bonchev–Trinajstić information content (AvgIpc) is 3.13. The van der Waals surface area contributed by atoms with Gasteiger partial charge in [-0.05, 0) is 12.1 Å². The molecule has 6 nitrogen and oxygen atoms in total. The van der Waals surface area contributed by atoms with E-state index in [0.29, 0.717) is 36.2 Å². The number of guanidine groups is 1. The summed E-state index contributed by atoms with van der Waals surface area (Å²) in [4.78, 5) is 4.19. The Balaban J connectivity index is 1.75. The number of hydrazine groups is 1. The van der Waals surface area contributed by atoms with Crippen molar-refractivity contribution >= 4 is 5.96 Å². The highest BCUT2D eigenvalue weighted by molar-refractivity contribution is 5.80. The molecule has 24 heavy (non-hydrogen) atoms. The Morgan fingerprint density at radius 1 is 1.17 bits per heavy atom. The summed E-state index contributed by atoms with van der Waals surface area (Å²) >= 11 is 0. The van der Waals surface area contributed by atoms with Gasteiger partial charge in [0.25, 0.3) is 0 Å². The predicted octanol–water partition coefficient (Wildman–Crippen LogP) is 1.92. The molecule has 2 aromatic carbocycles. The zero-order valence-electron chi connectivity index (χ0n) is 13.3. The van der Waals surface area contributed by atoms with Crippen molar-refractivity contribution in [2.24, 2.45) is 4.99 Å². The lowest BCUT2D eigenvalue weighted by atomic mass is 10.1.